The third-order valence-electron chi connectivity index (χ3n) is 2.66. The summed E-state index contributed by atoms with van der Waals surface area (Å²) in [6.45, 7) is 1.54. The van der Waals surface area contributed by atoms with Gasteiger partial charge in [-0.2, -0.15) is 0 Å². The Morgan fingerprint density at radius 1 is 1.31 bits per heavy atom. The van der Waals surface area contributed by atoms with Crippen LogP contribution in [-0.2, 0) is 10.9 Å². The fourth-order valence-electron chi connectivity index (χ4n) is 1.86. The fraction of sp³-hybridized carbons (Fsp3) is 0.200. The van der Waals surface area contributed by atoms with E-state index in [9.17, 15) is 12.7 Å². The molecule has 5 nitrogen and oxygen atoms in total. The van der Waals surface area contributed by atoms with Crippen molar-refractivity contribution in [1.82, 2.24) is 3.11 Å². The van der Waals surface area contributed by atoms with E-state index in [4.69, 9.17) is 3.07 Å². The fourth-order valence-corrected chi connectivity index (χ4v) is 7.80. The minimum atomic E-state index is -4.26. The number of carbonyl (C=O) groups is 2. The predicted molar refractivity (Wildman–Crippen MR) is 61.6 cm³/mol. The first-order chi connectivity index (χ1) is 7.55. The molecular formula is C10H8INO4. The van der Waals surface area contributed by atoms with Gasteiger partial charge in [0.1, 0.15) is 0 Å². The van der Waals surface area contributed by atoms with Gasteiger partial charge in [-0.25, -0.2) is 0 Å². The van der Waals surface area contributed by atoms with Gasteiger partial charge in [-0.1, -0.05) is 0 Å². The van der Waals surface area contributed by atoms with Gasteiger partial charge in [-0.15, -0.1) is 0 Å². The molecule has 3 rings (SSSR count). The second kappa shape index (κ2) is 2.88. The number of rotatable bonds is 0. The van der Waals surface area contributed by atoms with Gasteiger partial charge >= 0.3 is 96.2 Å². The summed E-state index contributed by atoms with van der Waals surface area (Å²) in [7, 11) is 0. The van der Waals surface area contributed by atoms with Crippen molar-refractivity contribution in [3.63, 3.8) is 0 Å². The third kappa shape index (κ3) is 0.952. The van der Waals surface area contributed by atoms with Crippen LogP contribution in [0.2, 0.25) is 0 Å². The normalized spacial score (nSPS) is 35.3. The summed E-state index contributed by atoms with van der Waals surface area (Å²) in [5.74, 6) is -0.936. The van der Waals surface area contributed by atoms with Gasteiger partial charge in [-0.05, 0) is 0 Å². The molecule has 2 atom stereocenters. The van der Waals surface area contributed by atoms with Crippen molar-refractivity contribution in [2.24, 2.45) is 0 Å². The van der Waals surface area contributed by atoms with E-state index in [0.717, 1.165) is 3.11 Å². The van der Waals surface area contributed by atoms with E-state index in [1.165, 1.54) is 6.92 Å². The van der Waals surface area contributed by atoms with Crippen molar-refractivity contribution < 1.29 is 15.7 Å². The molecule has 0 saturated carbocycles. The number of fused-ring (bicyclic) bond motifs is 3. The summed E-state index contributed by atoms with van der Waals surface area (Å²) < 4.78 is 19.1. The van der Waals surface area contributed by atoms with Gasteiger partial charge in [0.25, 0.3) is 0 Å². The molecule has 1 amide bonds. The van der Waals surface area contributed by atoms with Crippen molar-refractivity contribution >= 4 is 31.0 Å². The Balaban J connectivity index is 2.30. The van der Waals surface area contributed by atoms with Crippen LogP contribution >= 0.6 is 19.1 Å². The van der Waals surface area contributed by atoms with Crippen LogP contribution in [-0.4, -0.2) is 21.0 Å². The van der Waals surface area contributed by atoms with E-state index in [2.05, 4.69) is 0 Å². The van der Waals surface area contributed by atoms with Crippen LogP contribution in [0.15, 0.2) is 24.3 Å². The summed E-state index contributed by atoms with van der Waals surface area (Å²) in [5.41, 5.74) is 0.397. The van der Waals surface area contributed by atoms with E-state index >= 15 is 0 Å². The van der Waals surface area contributed by atoms with E-state index in [-0.39, 0.29) is 5.91 Å². The van der Waals surface area contributed by atoms with Gasteiger partial charge in [0, 0.05) is 0 Å². The summed E-state index contributed by atoms with van der Waals surface area (Å²) in [6.07, 6.45) is 0. The first kappa shape index (κ1) is 9.88. The summed E-state index contributed by atoms with van der Waals surface area (Å²) in [5, 5.41) is 0. The number of halogens is 1. The summed E-state index contributed by atoms with van der Waals surface area (Å²) >= 11 is -4.26. The molecule has 1 unspecified atom stereocenters. The van der Waals surface area contributed by atoms with Crippen LogP contribution in [0.25, 0.3) is 0 Å². The molecule has 2 heterocycles. The van der Waals surface area contributed by atoms with Crippen LogP contribution in [0.3, 0.4) is 0 Å². The predicted octanol–water partition coefficient (Wildman–Crippen LogP) is 1.47. The van der Waals surface area contributed by atoms with Crippen molar-refractivity contribution in [2.45, 2.75) is 13.0 Å². The standard InChI is InChI=1S/C10H8INO4/c1-6-10(14)16-11(15)8-5-3-2-4-7(8)9(13)12(6)11/h2-6H,1H3/t6-/m0/s1. The van der Waals surface area contributed by atoms with Crippen molar-refractivity contribution in [2.75, 3.05) is 0 Å². The topological polar surface area (TPSA) is 63.7 Å². The Morgan fingerprint density at radius 2 is 2.00 bits per heavy atom. The molecule has 1 aromatic rings. The molecule has 0 spiro atoms. The van der Waals surface area contributed by atoms with Crippen molar-refractivity contribution in [1.29, 1.82) is 0 Å². The van der Waals surface area contributed by atoms with E-state index in [1.54, 1.807) is 24.3 Å². The van der Waals surface area contributed by atoms with Gasteiger partial charge < -0.3 is 0 Å². The molecule has 0 radical (unpaired) electrons. The number of hydrogen-bond donors (Lipinski definition) is 0. The Hall–Kier alpha value is -1.31. The average Bonchev–Trinajstić information content (AvgIpc) is 2.62. The molecule has 2 aliphatic heterocycles. The molecule has 16 heavy (non-hydrogen) atoms. The SMILES string of the molecule is C[C@H]1C(=O)OI2(=O)c3ccccc3C(=O)N12. The average molecular weight is 333 g/mol. The van der Waals surface area contributed by atoms with Gasteiger partial charge in [0.15, 0.2) is 0 Å². The molecule has 0 N–H and O–H groups in total. The maximum atomic E-state index is 12.6. The zero-order valence-electron chi connectivity index (χ0n) is 8.34. The minimum absolute atomic E-state index is 0.361. The molecule has 84 valence electrons. The number of nitrogens with zero attached hydrogens (tertiary/aromatic N) is 1. The van der Waals surface area contributed by atoms with Crippen LogP contribution in [0.4, 0.5) is 0 Å². The maximum absolute atomic E-state index is 12.6. The molecule has 6 heteroatoms. The summed E-state index contributed by atoms with van der Waals surface area (Å²) in [6, 6.07) is 5.86. The quantitative estimate of drug-likeness (QED) is 0.533. The number of hydrogen-bond acceptors (Lipinski definition) is 4. The van der Waals surface area contributed by atoms with Gasteiger partial charge in [0.05, 0.1) is 0 Å². The Labute approximate surface area is 96.2 Å². The summed E-state index contributed by atoms with van der Waals surface area (Å²) in [4.78, 5) is 23.4. The van der Waals surface area contributed by atoms with Gasteiger partial charge in [0.2, 0.25) is 0 Å². The second-order valence-corrected chi connectivity index (χ2v) is 8.76. The van der Waals surface area contributed by atoms with Crippen molar-refractivity contribution in [3.8, 4) is 0 Å². The molecule has 2 aliphatic rings. The van der Waals surface area contributed by atoms with Crippen LogP contribution in [0.5, 0.6) is 0 Å². The first-order valence-corrected chi connectivity index (χ1v) is 8.51. The first-order valence-electron chi connectivity index (χ1n) is 4.70. The van der Waals surface area contributed by atoms with E-state index < -0.39 is 31.1 Å². The van der Waals surface area contributed by atoms with Crippen LogP contribution in [0.1, 0.15) is 17.3 Å². The number of amides is 1. The molecule has 1 saturated heterocycles. The molecular weight excluding hydrogens is 325 g/mol. The number of carbonyl (C=O) groups excluding carboxylic acids is 2. The van der Waals surface area contributed by atoms with E-state index in [0.29, 0.717) is 9.13 Å². The third-order valence-corrected chi connectivity index (χ3v) is 8.74. The monoisotopic (exact) mass is 333 g/mol. The molecule has 1 fully saturated rings. The van der Waals surface area contributed by atoms with Crippen LogP contribution < -0.4 is 0 Å². The van der Waals surface area contributed by atoms with Gasteiger partial charge in [-0.3, -0.25) is 0 Å². The van der Waals surface area contributed by atoms with Crippen LogP contribution in [0, 0.1) is 3.57 Å². The zero-order valence-corrected chi connectivity index (χ0v) is 10.5. The van der Waals surface area contributed by atoms with E-state index in [1.807, 2.05) is 0 Å². The molecule has 0 aliphatic carbocycles. The van der Waals surface area contributed by atoms with Crippen molar-refractivity contribution in [3.05, 3.63) is 33.4 Å². The Kier molecular flexibility index (Phi) is 1.78. The molecule has 0 bridgehead atoms. The molecule has 0 aromatic heterocycles. The second-order valence-electron chi connectivity index (χ2n) is 3.61. The Bertz CT molecular complexity index is 568. The zero-order chi connectivity index (χ0) is 11.5. The Morgan fingerprint density at radius 3 is 2.75 bits per heavy atom. The number of benzene rings is 1. The molecule has 1 aromatic carbocycles.